The second-order valence-corrected chi connectivity index (χ2v) is 7.37. The number of carbonyl (C=O) groups excluding carboxylic acids is 2. The Morgan fingerprint density at radius 3 is 2.96 bits per heavy atom. The van der Waals surface area contributed by atoms with E-state index < -0.39 is 6.04 Å². The van der Waals surface area contributed by atoms with Crippen LogP contribution in [0.5, 0.6) is 0 Å². The molecule has 2 aromatic heterocycles. The van der Waals surface area contributed by atoms with E-state index in [9.17, 15) is 9.59 Å². The number of anilines is 1. The number of furan rings is 1. The van der Waals surface area contributed by atoms with Gasteiger partial charge in [-0.15, -0.1) is 10.2 Å². The minimum atomic E-state index is -0.556. The fourth-order valence-corrected chi connectivity index (χ4v) is 3.35. The molecule has 0 aromatic carbocycles. The summed E-state index contributed by atoms with van der Waals surface area (Å²) in [5.74, 6) is 0.585. The summed E-state index contributed by atoms with van der Waals surface area (Å²) < 4.78 is 5.91. The highest BCUT2D eigenvalue weighted by molar-refractivity contribution is 8.01. The summed E-state index contributed by atoms with van der Waals surface area (Å²) >= 11 is 2.64. The van der Waals surface area contributed by atoms with E-state index >= 15 is 0 Å². The lowest BCUT2D eigenvalue weighted by Crippen LogP contribution is -2.45. The second-order valence-electron chi connectivity index (χ2n) is 5.17. The number of hydrogen-bond acceptors (Lipinski definition) is 8. The molecule has 0 saturated carbocycles. The van der Waals surface area contributed by atoms with E-state index in [-0.39, 0.29) is 17.6 Å². The first-order valence-electron chi connectivity index (χ1n) is 7.88. The molecular formula is C15H21N5O3S2. The molecule has 0 saturated heterocycles. The van der Waals surface area contributed by atoms with Gasteiger partial charge in [0.2, 0.25) is 16.9 Å². The van der Waals surface area contributed by atoms with Crippen LogP contribution >= 0.6 is 23.1 Å². The third-order valence-corrected chi connectivity index (χ3v) is 5.06. The molecule has 0 aliphatic heterocycles. The van der Waals surface area contributed by atoms with Crippen LogP contribution in [0, 0.1) is 0 Å². The lowest BCUT2D eigenvalue weighted by atomic mass is 10.3. The standard InChI is InChI=1S/C15H21N5O3S2/c1-3-6-16-13(22)10(2)18-12(21)9-24-15-20-19-14(25-15)17-8-11-5-4-7-23-11/h4-5,7,10H,3,6,8-9H2,1-2H3,(H,16,22)(H,17,19)(H,18,21)/t10-/m1/s1. The number of thioether (sulfide) groups is 1. The van der Waals surface area contributed by atoms with E-state index in [0.717, 1.165) is 12.2 Å². The zero-order valence-corrected chi connectivity index (χ0v) is 15.7. The molecule has 2 heterocycles. The van der Waals surface area contributed by atoms with Crippen molar-refractivity contribution >= 4 is 40.0 Å². The van der Waals surface area contributed by atoms with Crippen molar-refractivity contribution in [2.45, 2.75) is 37.2 Å². The second kappa shape index (κ2) is 10.0. The van der Waals surface area contributed by atoms with Gasteiger partial charge in [-0.25, -0.2) is 0 Å². The Hall–Kier alpha value is -2.07. The van der Waals surface area contributed by atoms with Crippen molar-refractivity contribution in [3.05, 3.63) is 24.2 Å². The molecule has 0 fully saturated rings. The number of nitrogens with one attached hydrogen (secondary N) is 3. The Balaban J connectivity index is 1.70. The van der Waals surface area contributed by atoms with Gasteiger partial charge in [-0.3, -0.25) is 9.59 Å². The van der Waals surface area contributed by atoms with Crippen molar-refractivity contribution in [3.8, 4) is 0 Å². The monoisotopic (exact) mass is 383 g/mol. The molecule has 0 aliphatic rings. The molecule has 0 aliphatic carbocycles. The van der Waals surface area contributed by atoms with Crippen molar-refractivity contribution in [1.29, 1.82) is 0 Å². The van der Waals surface area contributed by atoms with Crippen LogP contribution < -0.4 is 16.0 Å². The average Bonchev–Trinajstić information content (AvgIpc) is 3.27. The van der Waals surface area contributed by atoms with Crippen molar-refractivity contribution in [2.75, 3.05) is 17.6 Å². The first-order valence-corrected chi connectivity index (χ1v) is 9.68. The molecule has 0 spiro atoms. The van der Waals surface area contributed by atoms with Gasteiger partial charge in [-0.2, -0.15) is 0 Å². The molecule has 0 bridgehead atoms. The topological polar surface area (TPSA) is 109 Å². The van der Waals surface area contributed by atoms with Gasteiger partial charge >= 0.3 is 0 Å². The molecule has 2 rings (SSSR count). The number of rotatable bonds is 10. The van der Waals surface area contributed by atoms with Crippen LogP contribution in [-0.4, -0.2) is 40.4 Å². The van der Waals surface area contributed by atoms with Gasteiger partial charge in [0.25, 0.3) is 0 Å². The highest BCUT2D eigenvalue weighted by Gasteiger charge is 2.15. The lowest BCUT2D eigenvalue weighted by Gasteiger charge is -2.13. The summed E-state index contributed by atoms with van der Waals surface area (Å²) in [5.41, 5.74) is 0. The quantitative estimate of drug-likeness (QED) is 0.537. The molecule has 3 N–H and O–H groups in total. The van der Waals surface area contributed by atoms with Gasteiger partial charge in [0, 0.05) is 6.54 Å². The van der Waals surface area contributed by atoms with Crippen molar-refractivity contribution in [2.24, 2.45) is 0 Å². The predicted molar refractivity (Wildman–Crippen MR) is 97.6 cm³/mol. The average molecular weight is 383 g/mol. The summed E-state index contributed by atoms with van der Waals surface area (Å²) in [4.78, 5) is 23.6. The molecule has 10 heteroatoms. The molecule has 8 nitrogen and oxygen atoms in total. The van der Waals surface area contributed by atoms with E-state index in [0.29, 0.717) is 22.6 Å². The van der Waals surface area contributed by atoms with Crippen LogP contribution in [0.2, 0.25) is 0 Å². The van der Waals surface area contributed by atoms with Gasteiger partial charge in [-0.05, 0) is 25.5 Å². The number of hydrogen-bond donors (Lipinski definition) is 3. The van der Waals surface area contributed by atoms with Gasteiger partial charge < -0.3 is 20.4 Å². The molecule has 25 heavy (non-hydrogen) atoms. The molecule has 136 valence electrons. The van der Waals surface area contributed by atoms with Crippen LogP contribution in [-0.2, 0) is 16.1 Å². The Morgan fingerprint density at radius 2 is 2.24 bits per heavy atom. The Labute approximate surface area is 154 Å². The fraction of sp³-hybridized carbons (Fsp3) is 0.467. The van der Waals surface area contributed by atoms with Gasteiger partial charge in [-0.1, -0.05) is 30.0 Å². The summed E-state index contributed by atoms with van der Waals surface area (Å²) in [6.45, 7) is 4.76. The van der Waals surface area contributed by atoms with Crippen LogP contribution in [0.3, 0.4) is 0 Å². The number of amides is 2. The smallest absolute Gasteiger partial charge is 0.242 e. The van der Waals surface area contributed by atoms with Gasteiger partial charge in [0.15, 0.2) is 4.34 Å². The first-order chi connectivity index (χ1) is 12.1. The van der Waals surface area contributed by atoms with Gasteiger partial charge in [0.1, 0.15) is 11.8 Å². The molecule has 1 atom stereocenters. The van der Waals surface area contributed by atoms with Crippen LogP contribution in [0.15, 0.2) is 27.2 Å². The van der Waals surface area contributed by atoms with Crippen molar-refractivity contribution < 1.29 is 14.0 Å². The Morgan fingerprint density at radius 1 is 1.40 bits per heavy atom. The number of carbonyl (C=O) groups is 2. The highest BCUT2D eigenvalue weighted by atomic mass is 32.2. The summed E-state index contributed by atoms with van der Waals surface area (Å²) in [5, 5.41) is 17.2. The van der Waals surface area contributed by atoms with Crippen molar-refractivity contribution in [1.82, 2.24) is 20.8 Å². The van der Waals surface area contributed by atoms with Crippen LogP contribution in [0.1, 0.15) is 26.0 Å². The highest BCUT2D eigenvalue weighted by Crippen LogP contribution is 2.25. The molecule has 2 aromatic rings. The summed E-state index contributed by atoms with van der Waals surface area (Å²) in [6, 6.07) is 3.13. The van der Waals surface area contributed by atoms with E-state index in [4.69, 9.17) is 4.42 Å². The minimum Gasteiger partial charge on any atom is -0.467 e. The zero-order chi connectivity index (χ0) is 18.1. The third kappa shape index (κ3) is 6.75. The largest absolute Gasteiger partial charge is 0.467 e. The number of nitrogens with zero attached hydrogens (tertiary/aromatic N) is 2. The van der Waals surface area contributed by atoms with E-state index in [1.807, 2.05) is 19.1 Å². The van der Waals surface area contributed by atoms with E-state index in [2.05, 4.69) is 26.1 Å². The predicted octanol–water partition coefficient (Wildman–Crippen LogP) is 1.87. The summed E-state index contributed by atoms with van der Waals surface area (Å²) in [6.07, 6.45) is 2.47. The third-order valence-electron chi connectivity index (χ3n) is 3.05. The molecule has 0 unspecified atom stereocenters. The lowest BCUT2D eigenvalue weighted by molar-refractivity contribution is -0.127. The van der Waals surface area contributed by atoms with Crippen LogP contribution in [0.4, 0.5) is 5.13 Å². The normalized spacial score (nSPS) is 11.8. The molecular weight excluding hydrogens is 362 g/mol. The molecule has 0 radical (unpaired) electrons. The van der Waals surface area contributed by atoms with Gasteiger partial charge in [0.05, 0.1) is 18.6 Å². The van der Waals surface area contributed by atoms with Crippen LogP contribution in [0.25, 0.3) is 0 Å². The minimum absolute atomic E-state index is 0.179. The Kier molecular flexibility index (Phi) is 7.74. The van der Waals surface area contributed by atoms with Crippen molar-refractivity contribution in [3.63, 3.8) is 0 Å². The fourth-order valence-electron chi connectivity index (χ4n) is 1.79. The Bertz CT molecular complexity index is 675. The number of aromatic nitrogens is 2. The van der Waals surface area contributed by atoms with E-state index in [1.54, 1.807) is 13.2 Å². The first kappa shape index (κ1) is 19.3. The zero-order valence-electron chi connectivity index (χ0n) is 14.1. The maximum atomic E-state index is 11.9. The van der Waals surface area contributed by atoms with E-state index in [1.165, 1.54) is 23.1 Å². The maximum absolute atomic E-state index is 11.9. The summed E-state index contributed by atoms with van der Waals surface area (Å²) in [7, 11) is 0. The SMILES string of the molecule is CCCNC(=O)[C@@H](C)NC(=O)CSc1nnc(NCc2ccco2)s1. The molecule has 2 amide bonds. The maximum Gasteiger partial charge on any atom is 0.242 e.